The molecule has 2 N–H and O–H groups in total. The van der Waals surface area contributed by atoms with Gasteiger partial charge in [0.25, 0.3) is 0 Å². The van der Waals surface area contributed by atoms with Gasteiger partial charge in [0.1, 0.15) is 19.4 Å². The average molecular weight is 548 g/mol. The number of amides is 1. The van der Waals surface area contributed by atoms with Crippen molar-refractivity contribution < 1.29 is 24.2 Å². The number of nitrogens with zero attached hydrogens (tertiary/aromatic N) is 2. The molecule has 8 nitrogen and oxygen atoms in total. The fourth-order valence-corrected chi connectivity index (χ4v) is 5.37. The lowest BCUT2D eigenvalue weighted by atomic mass is 9.98. The zero-order valence-electron chi connectivity index (χ0n) is 22.3. The summed E-state index contributed by atoms with van der Waals surface area (Å²) in [4.78, 5) is 28.9. The van der Waals surface area contributed by atoms with Crippen molar-refractivity contribution in [2.75, 3.05) is 6.61 Å². The molecule has 1 amide bonds. The third-order valence-corrected chi connectivity index (χ3v) is 7.36. The number of carbonyl (C=O) groups is 2. The number of carbonyl (C=O) groups excluding carboxylic acids is 1. The number of fused-ring (bicyclic) bond motifs is 4. The maximum atomic E-state index is 12.6. The van der Waals surface area contributed by atoms with Crippen LogP contribution < -0.4 is 5.32 Å². The number of nitrogens with one attached hydrogen (secondary N) is 1. The van der Waals surface area contributed by atoms with E-state index in [-0.39, 0.29) is 25.7 Å². The van der Waals surface area contributed by atoms with Crippen LogP contribution in [0.25, 0.3) is 21.9 Å². The maximum absolute atomic E-state index is 12.6. The largest absolute Gasteiger partial charge is 0.480 e. The highest BCUT2D eigenvalue weighted by Crippen LogP contribution is 2.44. The van der Waals surface area contributed by atoms with Gasteiger partial charge >= 0.3 is 12.1 Å². The maximum Gasteiger partial charge on any atom is 0.407 e. The van der Waals surface area contributed by atoms with E-state index in [4.69, 9.17) is 9.47 Å². The van der Waals surface area contributed by atoms with E-state index in [1.165, 1.54) is 5.39 Å². The predicted octanol–water partition coefficient (Wildman–Crippen LogP) is 5.75. The molecule has 5 aromatic rings. The first-order valence-electron chi connectivity index (χ1n) is 13.5. The minimum atomic E-state index is -1.19. The topological polar surface area (TPSA) is 103 Å². The molecule has 0 saturated heterocycles. The molecule has 0 fully saturated rings. The Morgan fingerprint density at radius 3 is 2.32 bits per heavy atom. The number of rotatable bonds is 10. The van der Waals surface area contributed by atoms with Crippen molar-refractivity contribution in [3.63, 3.8) is 0 Å². The van der Waals surface area contributed by atoms with E-state index in [2.05, 4.69) is 46.7 Å². The summed E-state index contributed by atoms with van der Waals surface area (Å²) >= 11 is 0. The van der Waals surface area contributed by atoms with Crippen LogP contribution in [-0.4, -0.2) is 39.4 Å². The molecule has 8 heteroatoms. The second kappa shape index (κ2) is 11.7. The van der Waals surface area contributed by atoms with Crippen molar-refractivity contribution in [3.05, 3.63) is 126 Å². The molecule has 4 aromatic carbocycles. The van der Waals surface area contributed by atoms with Gasteiger partial charge in [-0.3, -0.25) is 0 Å². The highest BCUT2D eigenvalue weighted by molar-refractivity contribution is 5.83. The van der Waals surface area contributed by atoms with Crippen LogP contribution in [0.3, 0.4) is 0 Å². The first-order chi connectivity index (χ1) is 20.0. The average Bonchev–Trinajstić information content (AvgIpc) is 3.57. The van der Waals surface area contributed by atoms with Crippen molar-refractivity contribution in [2.24, 2.45) is 0 Å². The van der Waals surface area contributed by atoms with Crippen LogP contribution in [0.1, 0.15) is 28.3 Å². The summed E-state index contributed by atoms with van der Waals surface area (Å²) in [5.74, 6) is -1.28. The Morgan fingerprint density at radius 2 is 1.59 bits per heavy atom. The number of hydrogen-bond donors (Lipinski definition) is 2. The SMILES string of the molecule is O=C(N[C@@H](Cc1cn(COCc2ccc3ccccc3c2)cn1)C(=O)O)OCC1c2ccccc2-c2ccccc21. The highest BCUT2D eigenvalue weighted by atomic mass is 16.5. The van der Waals surface area contributed by atoms with Crippen LogP contribution in [0, 0.1) is 0 Å². The molecule has 1 atom stereocenters. The lowest BCUT2D eigenvalue weighted by Crippen LogP contribution is -2.43. The predicted molar refractivity (Wildman–Crippen MR) is 154 cm³/mol. The van der Waals surface area contributed by atoms with Crippen molar-refractivity contribution >= 4 is 22.8 Å². The van der Waals surface area contributed by atoms with Crippen LogP contribution >= 0.6 is 0 Å². The fraction of sp³-hybridized carbons (Fsp3) is 0.182. The van der Waals surface area contributed by atoms with Gasteiger partial charge in [-0.1, -0.05) is 84.9 Å². The van der Waals surface area contributed by atoms with Crippen LogP contribution in [0.4, 0.5) is 4.79 Å². The Balaban J connectivity index is 1.02. The van der Waals surface area contributed by atoms with E-state index in [0.29, 0.717) is 12.3 Å². The molecular formula is C33H29N3O5. The molecule has 0 saturated carbocycles. The van der Waals surface area contributed by atoms with Gasteiger partial charge in [-0.15, -0.1) is 0 Å². The minimum absolute atomic E-state index is 0.0111. The minimum Gasteiger partial charge on any atom is -0.480 e. The fourth-order valence-electron chi connectivity index (χ4n) is 5.37. The number of imidazole rings is 1. The number of alkyl carbamates (subject to hydrolysis) is 1. The van der Waals surface area contributed by atoms with Gasteiger partial charge in [0.2, 0.25) is 0 Å². The van der Waals surface area contributed by atoms with E-state index in [9.17, 15) is 14.7 Å². The van der Waals surface area contributed by atoms with Gasteiger partial charge in [0.15, 0.2) is 0 Å². The summed E-state index contributed by atoms with van der Waals surface area (Å²) in [6.07, 6.45) is 2.53. The molecule has 0 aliphatic heterocycles. The molecule has 0 bridgehead atoms. The molecule has 0 radical (unpaired) electrons. The van der Waals surface area contributed by atoms with Gasteiger partial charge in [0.05, 0.1) is 18.6 Å². The number of benzene rings is 4. The first kappa shape index (κ1) is 26.3. The molecule has 1 heterocycles. The Hall–Kier alpha value is -4.95. The number of carboxylic acids is 1. The van der Waals surface area contributed by atoms with E-state index in [0.717, 1.165) is 33.2 Å². The second-order valence-electron chi connectivity index (χ2n) is 10.1. The quantitative estimate of drug-likeness (QED) is 0.231. The molecule has 1 aromatic heterocycles. The van der Waals surface area contributed by atoms with Crippen molar-refractivity contribution in [1.29, 1.82) is 0 Å². The van der Waals surface area contributed by atoms with Crippen LogP contribution in [0.15, 0.2) is 104 Å². The Kier molecular flexibility index (Phi) is 7.47. The van der Waals surface area contributed by atoms with E-state index < -0.39 is 18.1 Å². The normalized spacial score (nSPS) is 13.0. The Labute approximate surface area is 237 Å². The van der Waals surface area contributed by atoms with Crippen molar-refractivity contribution in [3.8, 4) is 11.1 Å². The summed E-state index contributed by atoms with van der Waals surface area (Å²) in [6.45, 7) is 0.798. The van der Waals surface area contributed by atoms with Crippen LogP contribution in [0.5, 0.6) is 0 Å². The van der Waals surface area contributed by atoms with Crippen molar-refractivity contribution in [2.45, 2.75) is 31.7 Å². The Bertz CT molecular complexity index is 1670. The smallest absolute Gasteiger partial charge is 0.407 e. The summed E-state index contributed by atoms with van der Waals surface area (Å²) < 4.78 is 13.1. The third kappa shape index (κ3) is 5.83. The molecule has 0 unspecified atom stereocenters. The Morgan fingerprint density at radius 1 is 0.902 bits per heavy atom. The molecule has 1 aliphatic rings. The summed E-state index contributed by atoms with van der Waals surface area (Å²) in [5.41, 5.74) is 6.00. The zero-order valence-corrected chi connectivity index (χ0v) is 22.3. The number of aliphatic carboxylic acids is 1. The van der Waals surface area contributed by atoms with Gasteiger partial charge in [-0.2, -0.15) is 0 Å². The summed E-state index contributed by atoms with van der Waals surface area (Å²) in [5, 5.41) is 14.6. The van der Waals surface area contributed by atoms with Crippen LogP contribution in [0.2, 0.25) is 0 Å². The van der Waals surface area contributed by atoms with E-state index >= 15 is 0 Å². The van der Waals surface area contributed by atoms with Gasteiger partial charge in [0, 0.05) is 18.5 Å². The first-order valence-corrected chi connectivity index (χ1v) is 13.5. The summed E-state index contributed by atoms with van der Waals surface area (Å²) in [6, 6.07) is 29.2. The monoisotopic (exact) mass is 547 g/mol. The molecule has 0 spiro atoms. The molecule has 41 heavy (non-hydrogen) atoms. The molecule has 206 valence electrons. The zero-order chi connectivity index (χ0) is 28.2. The molecule has 6 rings (SSSR count). The standard InChI is InChI=1S/C33H29N3O5/c37-32(38)31(35-33(39)41-19-30-28-11-5-3-9-26(28)27-10-4-6-12-29(27)30)16-25-17-36(20-34-25)21-40-18-22-13-14-23-7-1-2-8-24(23)15-22/h1-15,17,20,30-31H,16,18-19,21H2,(H,35,39)(H,37,38)/t31-/m0/s1. The molecular weight excluding hydrogens is 518 g/mol. The third-order valence-electron chi connectivity index (χ3n) is 7.36. The summed E-state index contributed by atoms with van der Waals surface area (Å²) in [7, 11) is 0. The lowest BCUT2D eigenvalue weighted by molar-refractivity contribution is -0.139. The number of carboxylic acid groups (broad SMARTS) is 1. The van der Waals surface area contributed by atoms with Gasteiger partial charge < -0.3 is 24.5 Å². The second-order valence-corrected chi connectivity index (χ2v) is 10.1. The van der Waals surface area contributed by atoms with E-state index in [1.807, 2.05) is 54.6 Å². The highest BCUT2D eigenvalue weighted by Gasteiger charge is 2.30. The number of aromatic nitrogens is 2. The van der Waals surface area contributed by atoms with E-state index in [1.54, 1.807) is 17.1 Å². The molecule has 1 aliphatic carbocycles. The van der Waals surface area contributed by atoms with Gasteiger partial charge in [-0.05, 0) is 44.7 Å². The van der Waals surface area contributed by atoms with Gasteiger partial charge in [-0.25, -0.2) is 14.6 Å². The number of hydrogen-bond acceptors (Lipinski definition) is 5. The number of ether oxygens (including phenoxy) is 2. The lowest BCUT2D eigenvalue weighted by Gasteiger charge is -2.17. The van der Waals surface area contributed by atoms with Crippen molar-refractivity contribution in [1.82, 2.24) is 14.9 Å². The van der Waals surface area contributed by atoms with Crippen LogP contribution in [-0.2, 0) is 34.0 Å².